The largest absolute Gasteiger partial charge is 0.361 e. The Morgan fingerprint density at radius 3 is 2.69 bits per heavy atom. The fourth-order valence-corrected chi connectivity index (χ4v) is 1.73. The summed E-state index contributed by atoms with van der Waals surface area (Å²) in [5.74, 6) is -0.194. The SMILES string of the molecule is CN(C)Cc1c[nH]c(-c2ccccc2F)c1. The van der Waals surface area contributed by atoms with Crippen LogP contribution in [0.3, 0.4) is 0 Å². The minimum Gasteiger partial charge on any atom is -0.361 e. The first-order valence-corrected chi connectivity index (χ1v) is 5.24. The van der Waals surface area contributed by atoms with Crippen molar-refractivity contribution in [3.8, 4) is 11.3 Å². The molecule has 0 aliphatic rings. The van der Waals surface area contributed by atoms with E-state index in [0.29, 0.717) is 5.56 Å². The second-order valence-corrected chi connectivity index (χ2v) is 4.14. The van der Waals surface area contributed by atoms with Crippen molar-refractivity contribution >= 4 is 0 Å². The van der Waals surface area contributed by atoms with E-state index >= 15 is 0 Å². The van der Waals surface area contributed by atoms with Crippen molar-refractivity contribution < 1.29 is 4.39 Å². The molecule has 1 aromatic carbocycles. The molecule has 0 amide bonds. The first-order chi connectivity index (χ1) is 7.66. The van der Waals surface area contributed by atoms with Crippen LogP contribution in [0.4, 0.5) is 4.39 Å². The fourth-order valence-electron chi connectivity index (χ4n) is 1.73. The van der Waals surface area contributed by atoms with Crippen molar-refractivity contribution in [1.29, 1.82) is 0 Å². The summed E-state index contributed by atoms with van der Waals surface area (Å²) >= 11 is 0. The van der Waals surface area contributed by atoms with Gasteiger partial charge in [0.05, 0.1) is 0 Å². The Hall–Kier alpha value is -1.61. The summed E-state index contributed by atoms with van der Waals surface area (Å²) in [5, 5.41) is 0. The first-order valence-electron chi connectivity index (χ1n) is 5.24. The number of nitrogens with zero attached hydrogens (tertiary/aromatic N) is 1. The van der Waals surface area contributed by atoms with Crippen LogP contribution in [0.15, 0.2) is 36.5 Å². The molecular weight excluding hydrogens is 203 g/mol. The van der Waals surface area contributed by atoms with Crippen LogP contribution in [0, 0.1) is 5.82 Å². The molecule has 0 fully saturated rings. The summed E-state index contributed by atoms with van der Waals surface area (Å²) in [6.07, 6.45) is 1.92. The van der Waals surface area contributed by atoms with Gasteiger partial charge in [-0.3, -0.25) is 0 Å². The van der Waals surface area contributed by atoms with Gasteiger partial charge in [0.25, 0.3) is 0 Å². The lowest BCUT2D eigenvalue weighted by atomic mass is 10.1. The van der Waals surface area contributed by atoms with Crippen molar-refractivity contribution in [3.05, 3.63) is 47.9 Å². The van der Waals surface area contributed by atoms with Gasteiger partial charge in [-0.05, 0) is 37.9 Å². The summed E-state index contributed by atoms with van der Waals surface area (Å²) in [7, 11) is 4.02. The van der Waals surface area contributed by atoms with Crippen LogP contribution >= 0.6 is 0 Å². The summed E-state index contributed by atoms with van der Waals surface area (Å²) in [5.41, 5.74) is 2.60. The van der Waals surface area contributed by atoms with Crippen LogP contribution in [0.25, 0.3) is 11.3 Å². The molecule has 2 aromatic rings. The summed E-state index contributed by atoms with van der Waals surface area (Å²) < 4.78 is 13.5. The Kier molecular flexibility index (Phi) is 3.06. The number of H-pyrrole nitrogens is 1. The van der Waals surface area contributed by atoms with E-state index in [9.17, 15) is 4.39 Å². The number of benzene rings is 1. The van der Waals surface area contributed by atoms with E-state index in [-0.39, 0.29) is 5.82 Å². The lowest BCUT2D eigenvalue weighted by Gasteiger charge is -2.06. The number of aromatic nitrogens is 1. The van der Waals surface area contributed by atoms with Crippen molar-refractivity contribution in [2.24, 2.45) is 0 Å². The molecule has 16 heavy (non-hydrogen) atoms. The Morgan fingerprint density at radius 1 is 1.25 bits per heavy atom. The highest BCUT2D eigenvalue weighted by Gasteiger charge is 2.06. The smallest absolute Gasteiger partial charge is 0.132 e. The van der Waals surface area contributed by atoms with Crippen molar-refractivity contribution in [2.75, 3.05) is 14.1 Å². The minimum atomic E-state index is -0.194. The zero-order valence-electron chi connectivity index (χ0n) is 9.50. The molecule has 0 aliphatic carbocycles. The molecule has 0 radical (unpaired) electrons. The minimum absolute atomic E-state index is 0.194. The van der Waals surface area contributed by atoms with Gasteiger partial charge < -0.3 is 9.88 Å². The quantitative estimate of drug-likeness (QED) is 0.839. The van der Waals surface area contributed by atoms with Crippen molar-refractivity contribution in [3.63, 3.8) is 0 Å². The molecule has 0 aliphatic heterocycles. The molecule has 2 rings (SSSR count). The van der Waals surface area contributed by atoms with E-state index in [1.54, 1.807) is 12.1 Å². The van der Waals surface area contributed by atoms with Gasteiger partial charge >= 0.3 is 0 Å². The molecular formula is C13H15FN2. The molecule has 0 spiro atoms. The highest BCUT2D eigenvalue weighted by Crippen LogP contribution is 2.22. The van der Waals surface area contributed by atoms with E-state index in [1.165, 1.54) is 6.07 Å². The standard InChI is InChI=1S/C13H15FN2/c1-16(2)9-10-7-13(15-8-10)11-5-3-4-6-12(11)14/h3-8,15H,9H2,1-2H3. The maximum Gasteiger partial charge on any atom is 0.132 e. The molecule has 2 nitrogen and oxygen atoms in total. The topological polar surface area (TPSA) is 19.0 Å². The highest BCUT2D eigenvalue weighted by molar-refractivity contribution is 5.60. The maximum absolute atomic E-state index is 13.5. The molecule has 84 valence electrons. The number of nitrogens with one attached hydrogen (secondary N) is 1. The van der Waals surface area contributed by atoms with E-state index in [4.69, 9.17) is 0 Å². The second kappa shape index (κ2) is 4.49. The molecule has 0 unspecified atom stereocenters. The monoisotopic (exact) mass is 218 g/mol. The van der Waals surface area contributed by atoms with Gasteiger partial charge in [0.1, 0.15) is 5.82 Å². The van der Waals surface area contributed by atoms with Crippen LogP contribution in [-0.2, 0) is 6.54 Å². The molecule has 0 atom stereocenters. The highest BCUT2D eigenvalue weighted by atomic mass is 19.1. The van der Waals surface area contributed by atoms with E-state index in [1.807, 2.05) is 32.4 Å². The molecule has 0 saturated heterocycles. The summed E-state index contributed by atoms with van der Waals surface area (Å²) in [6.45, 7) is 0.852. The normalized spacial score (nSPS) is 11.0. The first kappa shape index (κ1) is 10.9. The third kappa shape index (κ3) is 2.31. The number of rotatable bonds is 3. The molecule has 1 aromatic heterocycles. The average Bonchev–Trinajstić information content (AvgIpc) is 2.66. The van der Waals surface area contributed by atoms with Crippen LogP contribution < -0.4 is 0 Å². The molecule has 1 N–H and O–H groups in total. The number of hydrogen-bond acceptors (Lipinski definition) is 1. The Labute approximate surface area is 94.7 Å². The van der Waals surface area contributed by atoms with E-state index < -0.39 is 0 Å². The van der Waals surface area contributed by atoms with Crippen LogP contribution in [0.5, 0.6) is 0 Å². The fraction of sp³-hybridized carbons (Fsp3) is 0.231. The van der Waals surface area contributed by atoms with Gasteiger partial charge in [0.15, 0.2) is 0 Å². The predicted octanol–water partition coefficient (Wildman–Crippen LogP) is 2.88. The number of aromatic amines is 1. The lowest BCUT2D eigenvalue weighted by Crippen LogP contribution is -2.09. The average molecular weight is 218 g/mol. The van der Waals surface area contributed by atoms with Crippen molar-refractivity contribution in [2.45, 2.75) is 6.54 Å². The predicted molar refractivity (Wildman–Crippen MR) is 63.6 cm³/mol. The third-order valence-electron chi connectivity index (χ3n) is 2.41. The molecule has 3 heteroatoms. The molecule has 1 heterocycles. The zero-order valence-corrected chi connectivity index (χ0v) is 9.50. The van der Waals surface area contributed by atoms with E-state index in [2.05, 4.69) is 9.88 Å². The molecule has 0 bridgehead atoms. The number of hydrogen-bond donors (Lipinski definition) is 1. The van der Waals surface area contributed by atoms with Crippen LogP contribution in [0.1, 0.15) is 5.56 Å². The zero-order chi connectivity index (χ0) is 11.5. The number of halogens is 1. The van der Waals surface area contributed by atoms with Gasteiger partial charge in [-0.2, -0.15) is 0 Å². The summed E-state index contributed by atoms with van der Waals surface area (Å²) in [4.78, 5) is 5.18. The second-order valence-electron chi connectivity index (χ2n) is 4.14. The Morgan fingerprint density at radius 2 is 2.00 bits per heavy atom. The third-order valence-corrected chi connectivity index (χ3v) is 2.41. The van der Waals surface area contributed by atoms with Crippen LogP contribution in [0.2, 0.25) is 0 Å². The van der Waals surface area contributed by atoms with Gasteiger partial charge in [-0.1, -0.05) is 12.1 Å². The van der Waals surface area contributed by atoms with Gasteiger partial charge in [0, 0.05) is 24.0 Å². The van der Waals surface area contributed by atoms with E-state index in [0.717, 1.165) is 17.8 Å². The Bertz CT molecular complexity index is 474. The van der Waals surface area contributed by atoms with Gasteiger partial charge in [0.2, 0.25) is 0 Å². The lowest BCUT2D eigenvalue weighted by molar-refractivity contribution is 0.403. The Balaban J connectivity index is 2.28. The summed E-state index contributed by atoms with van der Waals surface area (Å²) in [6, 6.07) is 8.77. The van der Waals surface area contributed by atoms with Gasteiger partial charge in [-0.15, -0.1) is 0 Å². The molecule has 0 saturated carbocycles. The van der Waals surface area contributed by atoms with Crippen molar-refractivity contribution in [1.82, 2.24) is 9.88 Å². The maximum atomic E-state index is 13.5. The van der Waals surface area contributed by atoms with Crippen LogP contribution in [-0.4, -0.2) is 24.0 Å². The van der Waals surface area contributed by atoms with Gasteiger partial charge in [-0.25, -0.2) is 4.39 Å².